The van der Waals surface area contributed by atoms with Crippen molar-refractivity contribution < 1.29 is 4.42 Å². The number of rotatable bonds is 3. The van der Waals surface area contributed by atoms with E-state index in [2.05, 4.69) is 19.9 Å². The first-order valence-electron chi connectivity index (χ1n) is 5.65. The molecule has 3 aromatic heterocycles. The largest absolute Gasteiger partial charge is 0.467 e. The molecule has 0 saturated carbocycles. The van der Waals surface area contributed by atoms with E-state index in [0.29, 0.717) is 12.2 Å². The number of aryl methyl sites for hydroxylation is 1. The van der Waals surface area contributed by atoms with Crippen molar-refractivity contribution in [3.8, 4) is 0 Å². The second-order valence-electron chi connectivity index (χ2n) is 4.15. The summed E-state index contributed by atoms with van der Waals surface area (Å²) < 4.78 is 5.33. The molecule has 1 N–H and O–H groups in total. The molecule has 0 aliphatic heterocycles. The van der Waals surface area contributed by atoms with Gasteiger partial charge in [-0.2, -0.15) is 0 Å². The summed E-state index contributed by atoms with van der Waals surface area (Å²) in [6, 6.07) is 3.81. The maximum atomic E-state index is 5.33. The summed E-state index contributed by atoms with van der Waals surface area (Å²) in [7, 11) is 1.96. The topological polar surface area (TPSA) is 70.8 Å². The molecular weight excluding hydrogens is 230 g/mol. The summed E-state index contributed by atoms with van der Waals surface area (Å²) >= 11 is 0. The van der Waals surface area contributed by atoms with Gasteiger partial charge in [-0.25, -0.2) is 15.0 Å². The molecule has 3 heterocycles. The van der Waals surface area contributed by atoms with Crippen LogP contribution in [0.2, 0.25) is 0 Å². The molecule has 0 aliphatic rings. The third-order valence-corrected chi connectivity index (χ3v) is 2.72. The van der Waals surface area contributed by atoms with E-state index < -0.39 is 0 Å². The SMILES string of the molecule is Cc1nc2ncnc(N(C)Cc3ccco3)c2[nH]1. The predicted molar refractivity (Wildman–Crippen MR) is 67.2 cm³/mol. The molecule has 0 radical (unpaired) electrons. The van der Waals surface area contributed by atoms with Crippen molar-refractivity contribution in [3.05, 3.63) is 36.3 Å². The van der Waals surface area contributed by atoms with Crippen LogP contribution >= 0.6 is 0 Å². The van der Waals surface area contributed by atoms with Crippen LogP contribution in [0.3, 0.4) is 0 Å². The molecule has 6 nitrogen and oxygen atoms in total. The summed E-state index contributed by atoms with van der Waals surface area (Å²) in [6.45, 7) is 2.55. The summed E-state index contributed by atoms with van der Waals surface area (Å²) in [5.74, 6) is 2.54. The zero-order chi connectivity index (χ0) is 12.5. The molecule has 6 heteroatoms. The standard InChI is InChI=1S/C12H13N5O/c1-8-15-10-11(16-8)13-7-14-12(10)17(2)6-9-4-3-5-18-9/h3-5,7H,6H2,1-2H3,(H,13,14,15,16). The lowest BCUT2D eigenvalue weighted by molar-refractivity contribution is 0.507. The van der Waals surface area contributed by atoms with Gasteiger partial charge in [0.1, 0.15) is 23.4 Å². The minimum atomic E-state index is 0.650. The zero-order valence-electron chi connectivity index (χ0n) is 10.2. The van der Waals surface area contributed by atoms with E-state index in [1.54, 1.807) is 6.26 Å². The second kappa shape index (κ2) is 4.14. The number of imidazole rings is 1. The van der Waals surface area contributed by atoms with E-state index >= 15 is 0 Å². The zero-order valence-corrected chi connectivity index (χ0v) is 10.2. The van der Waals surface area contributed by atoms with Gasteiger partial charge in [0, 0.05) is 7.05 Å². The van der Waals surface area contributed by atoms with Gasteiger partial charge in [-0.05, 0) is 19.1 Å². The lowest BCUT2D eigenvalue weighted by Crippen LogP contribution is -2.17. The molecule has 3 rings (SSSR count). The molecule has 18 heavy (non-hydrogen) atoms. The Balaban J connectivity index is 1.98. The van der Waals surface area contributed by atoms with Gasteiger partial charge < -0.3 is 14.3 Å². The molecule has 0 amide bonds. The van der Waals surface area contributed by atoms with Crippen LogP contribution in [0.5, 0.6) is 0 Å². The monoisotopic (exact) mass is 243 g/mol. The van der Waals surface area contributed by atoms with Gasteiger partial charge in [0.2, 0.25) is 0 Å². The van der Waals surface area contributed by atoms with Crippen molar-refractivity contribution >= 4 is 17.0 Å². The number of hydrogen-bond donors (Lipinski definition) is 1. The molecule has 0 unspecified atom stereocenters. The number of fused-ring (bicyclic) bond motifs is 1. The van der Waals surface area contributed by atoms with E-state index in [-0.39, 0.29) is 0 Å². The van der Waals surface area contributed by atoms with Gasteiger partial charge in [0.05, 0.1) is 12.8 Å². The van der Waals surface area contributed by atoms with Crippen LogP contribution < -0.4 is 4.90 Å². The first kappa shape index (κ1) is 10.8. The maximum absolute atomic E-state index is 5.33. The second-order valence-corrected chi connectivity index (χ2v) is 4.15. The van der Waals surface area contributed by atoms with Crippen LogP contribution in [0.15, 0.2) is 29.1 Å². The first-order chi connectivity index (χ1) is 8.74. The Kier molecular flexibility index (Phi) is 2.47. The maximum Gasteiger partial charge on any atom is 0.183 e. The minimum absolute atomic E-state index is 0.650. The van der Waals surface area contributed by atoms with Crippen LogP contribution in [-0.4, -0.2) is 27.0 Å². The highest BCUT2D eigenvalue weighted by molar-refractivity contribution is 5.82. The van der Waals surface area contributed by atoms with Gasteiger partial charge >= 0.3 is 0 Å². The molecule has 3 aromatic rings. The number of aromatic amines is 1. The molecule has 92 valence electrons. The van der Waals surface area contributed by atoms with E-state index in [4.69, 9.17) is 4.42 Å². The number of hydrogen-bond acceptors (Lipinski definition) is 5. The Morgan fingerprint density at radius 1 is 1.39 bits per heavy atom. The van der Waals surface area contributed by atoms with Crippen molar-refractivity contribution in [1.82, 2.24) is 19.9 Å². The number of anilines is 1. The Morgan fingerprint density at radius 2 is 2.28 bits per heavy atom. The van der Waals surface area contributed by atoms with Crippen molar-refractivity contribution in [2.75, 3.05) is 11.9 Å². The fourth-order valence-corrected chi connectivity index (χ4v) is 1.93. The number of nitrogens with zero attached hydrogens (tertiary/aromatic N) is 4. The summed E-state index contributed by atoms with van der Waals surface area (Å²) in [5, 5.41) is 0. The lowest BCUT2D eigenvalue weighted by atomic mass is 10.4. The summed E-state index contributed by atoms with van der Waals surface area (Å²) in [6.07, 6.45) is 3.19. The van der Waals surface area contributed by atoms with Gasteiger partial charge in [-0.3, -0.25) is 0 Å². The van der Waals surface area contributed by atoms with Crippen molar-refractivity contribution in [2.24, 2.45) is 0 Å². The third kappa shape index (κ3) is 1.81. The molecule has 0 atom stereocenters. The fraction of sp³-hybridized carbons (Fsp3) is 0.250. The minimum Gasteiger partial charge on any atom is -0.467 e. The van der Waals surface area contributed by atoms with Crippen molar-refractivity contribution in [3.63, 3.8) is 0 Å². The Bertz CT molecular complexity index is 658. The van der Waals surface area contributed by atoms with Crippen LogP contribution in [0.25, 0.3) is 11.2 Å². The van der Waals surface area contributed by atoms with Crippen LogP contribution in [-0.2, 0) is 6.54 Å². The Morgan fingerprint density at radius 3 is 3.06 bits per heavy atom. The predicted octanol–water partition coefficient (Wildman–Crippen LogP) is 1.89. The smallest absolute Gasteiger partial charge is 0.183 e. The third-order valence-electron chi connectivity index (χ3n) is 2.72. The first-order valence-corrected chi connectivity index (χ1v) is 5.65. The van der Waals surface area contributed by atoms with Gasteiger partial charge in [0.25, 0.3) is 0 Å². The van der Waals surface area contributed by atoms with Crippen LogP contribution in [0.4, 0.5) is 5.82 Å². The average molecular weight is 243 g/mol. The number of nitrogens with one attached hydrogen (secondary N) is 1. The van der Waals surface area contributed by atoms with Gasteiger partial charge in [-0.1, -0.05) is 0 Å². The van der Waals surface area contributed by atoms with Crippen LogP contribution in [0.1, 0.15) is 11.6 Å². The molecular formula is C12H13N5O. The summed E-state index contributed by atoms with van der Waals surface area (Å²) in [5.41, 5.74) is 1.54. The Hall–Kier alpha value is -2.37. The molecule has 0 aromatic carbocycles. The highest BCUT2D eigenvalue weighted by atomic mass is 16.3. The highest BCUT2D eigenvalue weighted by Gasteiger charge is 2.12. The molecule has 0 saturated heterocycles. The number of H-pyrrole nitrogens is 1. The normalized spacial score (nSPS) is 11.0. The lowest BCUT2D eigenvalue weighted by Gasteiger charge is -2.16. The van der Waals surface area contributed by atoms with E-state index in [9.17, 15) is 0 Å². The summed E-state index contributed by atoms with van der Waals surface area (Å²) in [4.78, 5) is 17.9. The molecule has 0 aliphatic carbocycles. The van der Waals surface area contributed by atoms with Gasteiger partial charge in [-0.15, -0.1) is 0 Å². The number of furan rings is 1. The average Bonchev–Trinajstić information content (AvgIpc) is 2.95. The molecule has 0 spiro atoms. The molecule has 0 fully saturated rings. The van der Waals surface area contributed by atoms with E-state index in [1.165, 1.54) is 6.33 Å². The van der Waals surface area contributed by atoms with Gasteiger partial charge in [0.15, 0.2) is 11.5 Å². The van der Waals surface area contributed by atoms with Crippen LogP contribution in [0, 0.1) is 6.92 Å². The van der Waals surface area contributed by atoms with E-state index in [0.717, 1.165) is 22.9 Å². The Labute approximate surface area is 104 Å². The van der Waals surface area contributed by atoms with E-state index in [1.807, 2.05) is 31.0 Å². The van der Waals surface area contributed by atoms with Crippen molar-refractivity contribution in [1.29, 1.82) is 0 Å². The molecule has 0 bridgehead atoms. The fourth-order valence-electron chi connectivity index (χ4n) is 1.93. The van der Waals surface area contributed by atoms with Crippen molar-refractivity contribution in [2.45, 2.75) is 13.5 Å². The quantitative estimate of drug-likeness (QED) is 0.760. The highest BCUT2D eigenvalue weighted by Crippen LogP contribution is 2.21. The number of aromatic nitrogens is 4.